The summed E-state index contributed by atoms with van der Waals surface area (Å²) in [6, 6.07) is 10.5. The highest BCUT2D eigenvalue weighted by Gasteiger charge is 2.13. The third-order valence-corrected chi connectivity index (χ3v) is 3.73. The van der Waals surface area contributed by atoms with Gasteiger partial charge in [-0.25, -0.2) is 9.59 Å². The second-order valence-corrected chi connectivity index (χ2v) is 5.76. The van der Waals surface area contributed by atoms with Gasteiger partial charge in [-0.15, -0.1) is 0 Å². The van der Waals surface area contributed by atoms with E-state index in [2.05, 4.69) is 9.98 Å². The van der Waals surface area contributed by atoms with Crippen LogP contribution in [0.1, 0.15) is 30.9 Å². The van der Waals surface area contributed by atoms with E-state index in [1.807, 2.05) is 20.8 Å². The number of nitrogens with zero attached hydrogens (tertiary/aromatic N) is 2. The maximum absolute atomic E-state index is 10.4. The molecule has 134 valence electrons. The molecule has 0 radical (unpaired) electrons. The highest BCUT2D eigenvalue weighted by atomic mass is 16.7. The van der Waals surface area contributed by atoms with Gasteiger partial charge in [-0.3, -0.25) is 0 Å². The average molecular weight is 352 g/mol. The fourth-order valence-electron chi connectivity index (χ4n) is 2.43. The van der Waals surface area contributed by atoms with Gasteiger partial charge in [-0.1, -0.05) is 6.92 Å². The minimum atomic E-state index is -0.473. The molecule has 26 heavy (non-hydrogen) atoms. The maximum Gasteiger partial charge on any atom is 0.241 e. The first kappa shape index (κ1) is 19.1. The topological polar surface area (TPSA) is 77.3 Å². The molecule has 0 aromatic heterocycles. The van der Waals surface area contributed by atoms with Crippen molar-refractivity contribution in [3.05, 3.63) is 47.5 Å². The van der Waals surface area contributed by atoms with Crippen molar-refractivity contribution < 1.29 is 19.1 Å². The van der Waals surface area contributed by atoms with Crippen LogP contribution >= 0.6 is 0 Å². The summed E-state index contributed by atoms with van der Waals surface area (Å²) < 4.78 is 11.9. The quantitative estimate of drug-likeness (QED) is 0.387. The number of carbonyl (C=O) groups excluding carboxylic acids is 2. The van der Waals surface area contributed by atoms with Crippen molar-refractivity contribution >= 4 is 23.5 Å². The van der Waals surface area contributed by atoms with Crippen molar-refractivity contribution in [2.24, 2.45) is 9.98 Å². The first-order chi connectivity index (χ1) is 12.6. The van der Waals surface area contributed by atoms with E-state index in [1.165, 1.54) is 12.2 Å². The molecule has 6 heteroatoms. The van der Waals surface area contributed by atoms with E-state index in [0.717, 1.165) is 17.5 Å². The Morgan fingerprint density at radius 3 is 1.69 bits per heavy atom. The SMILES string of the molecule is CCCC(Oc1ccc(N=C=O)c(C)c1)Oc1ccc(N=C=O)c(C)c1. The third kappa shape index (κ3) is 5.15. The first-order valence-corrected chi connectivity index (χ1v) is 8.27. The second-order valence-electron chi connectivity index (χ2n) is 5.76. The summed E-state index contributed by atoms with van der Waals surface area (Å²) in [5, 5.41) is 0. The van der Waals surface area contributed by atoms with E-state index in [0.29, 0.717) is 29.3 Å². The van der Waals surface area contributed by atoms with E-state index < -0.39 is 6.29 Å². The zero-order valence-electron chi connectivity index (χ0n) is 15.0. The van der Waals surface area contributed by atoms with E-state index in [-0.39, 0.29) is 0 Å². The minimum Gasteiger partial charge on any atom is -0.455 e. The molecule has 6 nitrogen and oxygen atoms in total. The molecule has 0 heterocycles. The van der Waals surface area contributed by atoms with Crippen LogP contribution in [-0.4, -0.2) is 18.4 Å². The van der Waals surface area contributed by atoms with Crippen LogP contribution in [-0.2, 0) is 9.59 Å². The minimum absolute atomic E-state index is 0.473. The molecule has 2 rings (SSSR count). The molecule has 0 spiro atoms. The van der Waals surface area contributed by atoms with Crippen molar-refractivity contribution in [2.45, 2.75) is 39.9 Å². The largest absolute Gasteiger partial charge is 0.455 e. The van der Waals surface area contributed by atoms with E-state index in [4.69, 9.17) is 9.47 Å². The molecule has 0 atom stereocenters. The van der Waals surface area contributed by atoms with E-state index >= 15 is 0 Å². The van der Waals surface area contributed by atoms with Gasteiger partial charge in [0, 0.05) is 6.42 Å². The Hall–Kier alpha value is -3.20. The molecule has 0 aliphatic carbocycles. The molecule has 0 aliphatic heterocycles. The van der Waals surface area contributed by atoms with Gasteiger partial charge in [0.2, 0.25) is 18.4 Å². The Balaban J connectivity index is 2.16. The van der Waals surface area contributed by atoms with Crippen molar-refractivity contribution in [3.8, 4) is 11.5 Å². The number of aliphatic imine (C=N–C) groups is 2. The predicted molar refractivity (Wildman–Crippen MR) is 97.9 cm³/mol. The van der Waals surface area contributed by atoms with Gasteiger partial charge in [-0.05, 0) is 67.8 Å². The predicted octanol–water partition coefficient (Wildman–Crippen LogP) is 4.82. The number of rotatable bonds is 8. The monoisotopic (exact) mass is 352 g/mol. The number of hydrogen-bond donors (Lipinski definition) is 0. The van der Waals surface area contributed by atoms with Gasteiger partial charge in [0.25, 0.3) is 0 Å². The molecule has 0 fully saturated rings. The highest BCUT2D eigenvalue weighted by molar-refractivity contribution is 5.56. The molecular weight excluding hydrogens is 332 g/mol. The Morgan fingerprint density at radius 2 is 1.35 bits per heavy atom. The molecule has 0 aliphatic rings. The number of benzene rings is 2. The molecule has 0 bridgehead atoms. The van der Waals surface area contributed by atoms with Gasteiger partial charge in [0.15, 0.2) is 0 Å². The van der Waals surface area contributed by atoms with Gasteiger partial charge < -0.3 is 9.47 Å². The number of hydrogen-bond acceptors (Lipinski definition) is 6. The normalized spacial score (nSPS) is 11.0. The second kappa shape index (κ2) is 9.33. The van der Waals surface area contributed by atoms with Crippen LogP contribution in [0.5, 0.6) is 11.5 Å². The number of ether oxygens (including phenoxy) is 2. The lowest BCUT2D eigenvalue weighted by Crippen LogP contribution is -2.23. The van der Waals surface area contributed by atoms with Crippen LogP contribution < -0.4 is 9.47 Å². The third-order valence-electron chi connectivity index (χ3n) is 3.73. The number of isocyanates is 2. The lowest BCUT2D eigenvalue weighted by Gasteiger charge is -2.21. The molecule has 0 amide bonds. The van der Waals surface area contributed by atoms with E-state index in [1.54, 1.807) is 36.4 Å². The molecule has 0 saturated heterocycles. The average Bonchev–Trinajstić information content (AvgIpc) is 2.60. The van der Waals surface area contributed by atoms with Gasteiger partial charge in [0.05, 0.1) is 11.4 Å². The molecule has 0 unspecified atom stereocenters. The first-order valence-electron chi connectivity index (χ1n) is 8.27. The van der Waals surface area contributed by atoms with Crippen molar-refractivity contribution in [2.75, 3.05) is 0 Å². The van der Waals surface area contributed by atoms with Crippen LogP contribution in [0.25, 0.3) is 0 Å². The summed E-state index contributed by atoms with van der Waals surface area (Å²) in [5.41, 5.74) is 2.74. The zero-order chi connectivity index (χ0) is 18.9. The summed E-state index contributed by atoms with van der Waals surface area (Å²) in [4.78, 5) is 28.1. The van der Waals surface area contributed by atoms with Gasteiger partial charge in [-0.2, -0.15) is 9.98 Å². The summed E-state index contributed by atoms with van der Waals surface area (Å²) in [6.45, 7) is 5.72. The van der Waals surface area contributed by atoms with Crippen molar-refractivity contribution in [3.63, 3.8) is 0 Å². The van der Waals surface area contributed by atoms with Gasteiger partial charge in [0.1, 0.15) is 11.5 Å². The summed E-state index contributed by atoms with van der Waals surface area (Å²) in [7, 11) is 0. The van der Waals surface area contributed by atoms with Crippen LogP contribution in [0.15, 0.2) is 46.4 Å². The Morgan fingerprint density at radius 1 is 0.885 bits per heavy atom. The van der Waals surface area contributed by atoms with E-state index in [9.17, 15) is 9.59 Å². The Bertz CT molecular complexity index is 797. The smallest absolute Gasteiger partial charge is 0.241 e. The van der Waals surface area contributed by atoms with Crippen LogP contribution in [0, 0.1) is 13.8 Å². The van der Waals surface area contributed by atoms with Crippen molar-refractivity contribution in [1.82, 2.24) is 0 Å². The lowest BCUT2D eigenvalue weighted by atomic mass is 10.2. The molecular formula is C20H20N2O4. The zero-order valence-corrected chi connectivity index (χ0v) is 15.0. The summed E-state index contributed by atoms with van der Waals surface area (Å²) in [5.74, 6) is 1.26. The number of aryl methyl sites for hydroxylation is 2. The fraction of sp³-hybridized carbons (Fsp3) is 0.300. The Kier molecular flexibility index (Phi) is 6.86. The summed E-state index contributed by atoms with van der Waals surface area (Å²) in [6.07, 6.45) is 4.17. The van der Waals surface area contributed by atoms with Gasteiger partial charge >= 0.3 is 0 Å². The summed E-state index contributed by atoms with van der Waals surface area (Å²) >= 11 is 0. The Labute approximate surface area is 152 Å². The molecule has 2 aromatic rings. The highest BCUT2D eigenvalue weighted by Crippen LogP contribution is 2.27. The fourth-order valence-corrected chi connectivity index (χ4v) is 2.43. The molecule has 0 saturated carbocycles. The van der Waals surface area contributed by atoms with Crippen LogP contribution in [0.2, 0.25) is 0 Å². The molecule has 0 N–H and O–H groups in total. The van der Waals surface area contributed by atoms with Crippen LogP contribution in [0.4, 0.5) is 11.4 Å². The lowest BCUT2D eigenvalue weighted by molar-refractivity contribution is -0.00108. The molecule has 2 aromatic carbocycles. The van der Waals surface area contributed by atoms with Crippen molar-refractivity contribution in [1.29, 1.82) is 0 Å². The standard InChI is InChI=1S/C20H20N2O4/c1-4-5-20(25-16-6-8-18(21-12-23)14(2)10-16)26-17-7-9-19(22-13-24)15(3)11-17/h6-11,20H,4-5H2,1-3H3. The van der Waals surface area contributed by atoms with Crippen LogP contribution in [0.3, 0.4) is 0 Å². The maximum atomic E-state index is 10.4.